The van der Waals surface area contributed by atoms with Crippen molar-refractivity contribution in [1.82, 2.24) is 9.97 Å². The van der Waals surface area contributed by atoms with E-state index >= 15 is 0 Å². The van der Waals surface area contributed by atoms with Crippen molar-refractivity contribution in [2.24, 2.45) is 0 Å². The van der Waals surface area contributed by atoms with Gasteiger partial charge in [0.05, 0.1) is 4.92 Å². The molecule has 86 valence electrons. The average Bonchev–Trinajstić information content (AvgIpc) is 2.29. The zero-order valence-corrected chi connectivity index (χ0v) is 9.68. The minimum atomic E-state index is -0.554. The van der Waals surface area contributed by atoms with Gasteiger partial charge in [-0.1, -0.05) is 11.6 Å². The van der Waals surface area contributed by atoms with Crippen LogP contribution in [0.1, 0.15) is 5.56 Å². The lowest BCUT2D eigenvalue weighted by Gasteiger charge is -2.02. The predicted octanol–water partition coefficient (Wildman–Crippen LogP) is 3.01. The van der Waals surface area contributed by atoms with E-state index in [4.69, 9.17) is 11.6 Å². The number of aromatic nitrogens is 2. The number of hydrogen-bond acceptors (Lipinski definition) is 4. The van der Waals surface area contributed by atoms with E-state index in [0.717, 1.165) is 11.1 Å². The fourth-order valence-corrected chi connectivity index (χ4v) is 1.61. The van der Waals surface area contributed by atoms with Crippen molar-refractivity contribution >= 4 is 17.3 Å². The Labute approximate surface area is 102 Å². The van der Waals surface area contributed by atoms with E-state index in [1.165, 1.54) is 12.3 Å². The highest BCUT2D eigenvalue weighted by Crippen LogP contribution is 2.27. The molecule has 0 fully saturated rings. The Morgan fingerprint density at radius 1 is 1.24 bits per heavy atom. The van der Waals surface area contributed by atoms with Gasteiger partial charge in [0.2, 0.25) is 5.15 Å². The van der Waals surface area contributed by atoms with Crippen LogP contribution in [-0.4, -0.2) is 14.9 Å². The predicted molar refractivity (Wildman–Crippen MR) is 63.9 cm³/mol. The van der Waals surface area contributed by atoms with Crippen LogP contribution in [0.25, 0.3) is 11.1 Å². The Hall–Kier alpha value is -2.01. The highest BCUT2D eigenvalue weighted by Gasteiger charge is 2.15. The number of halogens is 1. The molecule has 0 aromatic carbocycles. The first kappa shape index (κ1) is 11.5. The molecule has 6 heteroatoms. The molecule has 0 saturated carbocycles. The highest BCUT2D eigenvalue weighted by molar-refractivity contribution is 6.31. The van der Waals surface area contributed by atoms with E-state index in [0.29, 0.717) is 5.56 Å². The summed E-state index contributed by atoms with van der Waals surface area (Å²) in [7, 11) is 0. The second-order valence-electron chi connectivity index (χ2n) is 3.54. The van der Waals surface area contributed by atoms with Crippen molar-refractivity contribution in [3.63, 3.8) is 0 Å². The third-order valence-electron chi connectivity index (χ3n) is 2.23. The lowest BCUT2D eigenvalue weighted by molar-refractivity contribution is -0.385. The van der Waals surface area contributed by atoms with Crippen LogP contribution in [0.15, 0.2) is 30.7 Å². The first-order valence-electron chi connectivity index (χ1n) is 4.80. The zero-order valence-electron chi connectivity index (χ0n) is 8.92. The maximum atomic E-state index is 10.7. The standard InChI is InChI=1S/C11H8ClN3O2/c1-7-2-8(5-13-4-7)9-3-10(15(16)17)11(12)14-6-9/h2-6H,1H3. The second kappa shape index (κ2) is 4.47. The van der Waals surface area contributed by atoms with Gasteiger partial charge in [-0.3, -0.25) is 15.1 Å². The van der Waals surface area contributed by atoms with Crippen molar-refractivity contribution in [2.45, 2.75) is 6.92 Å². The molecular weight excluding hydrogens is 242 g/mol. The SMILES string of the molecule is Cc1cncc(-c2cnc(Cl)c([N+](=O)[O-])c2)c1. The van der Waals surface area contributed by atoms with E-state index in [1.54, 1.807) is 12.4 Å². The van der Waals surface area contributed by atoms with E-state index in [9.17, 15) is 10.1 Å². The van der Waals surface area contributed by atoms with E-state index in [-0.39, 0.29) is 10.8 Å². The van der Waals surface area contributed by atoms with Crippen molar-refractivity contribution in [3.05, 3.63) is 51.6 Å². The minimum Gasteiger partial charge on any atom is -0.264 e. The van der Waals surface area contributed by atoms with Crippen LogP contribution in [0.2, 0.25) is 5.15 Å². The van der Waals surface area contributed by atoms with Gasteiger partial charge in [-0.25, -0.2) is 4.98 Å². The molecule has 0 unspecified atom stereocenters. The first-order valence-corrected chi connectivity index (χ1v) is 5.17. The molecule has 0 N–H and O–H groups in total. The molecule has 0 atom stereocenters. The first-order chi connectivity index (χ1) is 8.08. The summed E-state index contributed by atoms with van der Waals surface area (Å²) in [6, 6.07) is 3.27. The molecule has 0 aliphatic rings. The number of hydrogen-bond donors (Lipinski definition) is 0. The van der Waals surface area contributed by atoms with Crippen LogP contribution in [-0.2, 0) is 0 Å². The largest absolute Gasteiger partial charge is 0.307 e. The lowest BCUT2D eigenvalue weighted by Crippen LogP contribution is -1.92. The summed E-state index contributed by atoms with van der Waals surface area (Å²) in [5.74, 6) is 0. The van der Waals surface area contributed by atoms with Gasteiger partial charge in [0.15, 0.2) is 0 Å². The third kappa shape index (κ3) is 2.39. The van der Waals surface area contributed by atoms with Crippen LogP contribution < -0.4 is 0 Å². The third-order valence-corrected chi connectivity index (χ3v) is 2.52. The molecule has 17 heavy (non-hydrogen) atoms. The van der Waals surface area contributed by atoms with Crippen LogP contribution in [0.5, 0.6) is 0 Å². The number of aryl methyl sites for hydroxylation is 1. The molecule has 2 rings (SSSR count). The van der Waals surface area contributed by atoms with E-state index in [2.05, 4.69) is 9.97 Å². The number of pyridine rings is 2. The molecular formula is C11H8ClN3O2. The smallest absolute Gasteiger partial charge is 0.264 e. The Balaban J connectivity index is 2.54. The molecule has 2 heterocycles. The van der Waals surface area contributed by atoms with Crippen LogP contribution in [0, 0.1) is 17.0 Å². The van der Waals surface area contributed by atoms with Crippen LogP contribution in [0.3, 0.4) is 0 Å². The molecule has 0 saturated heterocycles. The number of rotatable bonds is 2. The van der Waals surface area contributed by atoms with Gasteiger partial charge in [-0.05, 0) is 18.6 Å². The molecule has 0 amide bonds. The monoisotopic (exact) mass is 249 g/mol. The normalized spacial score (nSPS) is 10.2. The number of nitrogens with zero attached hydrogens (tertiary/aromatic N) is 3. The van der Waals surface area contributed by atoms with Crippen molar-refractivity contribution < 1.29 is 4.92 Å². The Bertz CT molecular complexity index is 587. The fourth-order valence-electron chi connectivity index (χ4n) is 1.44. The van der Waals surface area contributed by atoms with Gasteiger partial charge >= 0.3 is 5.69 Å². The summed E-state index contributed by atoms with van der Waals surface area (Å²) >= 11 is 5.64. The van der Waals surface area contributed by atoms with Gasteiger partial charge in [-0.2, -0.15) is 0 Å². The Morgan fingerprint density at radius 2 is 1.94 bits per heavy atom. The summed E-state index contributed by atoms with van der Waals surface area (Å²) in [4.78, 5) is 18.0. The van der Waals surface area contributed by atoms with Gasteiger partial charge in [0.1, 0.15) is 0 Å². The molecule has 0 spiro atoms. The Kier molecular flexibility index (Phi) is 3.01. The van der Waals surface area contributed by atoms with Crippen LogP contribution >= 0.6 is 11.6 Å². The minimum absolute atomic E-state index is 0.112. The summed E-state index contributed by atoms with van der Waals surface area (Å²) in [5.41, 5.74) is 2.17. The van der Waals surface area contributed by atoms with Crippen molar-refractivity contribution in [3.8, 4) is 11.1 Å². The topological polar surface area (TPSA) is 68.9 Å². The van der Waals surface area contributed by atoms with Gasteiger partial charge in [-0.15, -0.1) is 0 Å². The number of nitro groups is 1. The summed E-state index contributed by atoms with van der Waals surface area (Å²) in [6.07, 6.45) is 4.83. The van der Waals surface area contributed by atoms with Gasteiger partial charge in [0, 0.05) is 35.8 Å². The van der Waals surface area contributed by atoms with Gasteiger partial charge in [0.25, 0.3) is 0 Å². The quantitative estimate of drug-likeness (QED) is 0.466. The van der Waals surface area contributed by atoms with Gasteiger partial charge < -0.3 is 0 Å². The summed E-state index contributed by atoms with van der Waals surface area (Å²) in [6.45, 7) is 1.90. The average molecular weight is 250 g/mol. The maximum absolute atomic E-state index is 10.7. The molecule has 0 aliphatic carbocycles. The van der Waals surface area contributed by atoms with E-state index in [1.807, 2.05) is 13.0 Å². The van der Waals surface area contributed by atoms with E-state index < -0.39 is 4.92 Å². The molecule has 2 aromatic heterocycles. The Morgan fingerprint density at radius 3 is 2.59 bits per heavy atom. The lowest BCUT2D eigenvalue weighted by atomic mass is 10.1. The summed E-state index contributed by atoms with van der Waals surface area (Å²) < 4.78 is 0. The van der Waals surface area contributed by atoms with Crippen molar-refractivity contribution in [2.75, 3.05) is 0 Å². The fraction of sp³-hybridized carbons (Fsp3) is 0.0909. The molecule has 0 radical (unpaired) electrons. The molecule has 5 nitrogen and oxygen atoms in total. The van der Waals surface area contributed by atoms with Crippen LogP contribution in [0.4, 0.5) is 5.69 Å². The maximum Gasteiger partial charge on any atom is 0.307 e. The summed E-state index contributed by atoms with van der Waals surface area (Å²) in [5, 5.41) is 10.6. The molecule has 2 aromatic rings. The zero-order chi connectivity index (χ0) is 12.4. The molecule has 0 bridgehead atoms. The highest BCUT2D eigenvalue weighted by atomic mass is 35.5. The molecule has 0 aliphatic heterocycles. The second-order valence-corrected chi connectivity index (χ2v) is 3.90. The van der Waals surface area contributed by atoms with Crippen molar-refractivity contribution in [1.29, 1.82) is 0 Å².